The molecule has 4 heteroatoms. The summed E-state index contributed by atoms with van der Waals surface area (Å²) in [6, 6.07) is 0.389. The van der Waals surface area contributed by atoms with E-state index in [-0.39, 0.29) is 6.09 Å². The number of hydrogen-bond acceptors (Lipinski definition) is 3. The molecule has 1 aliphatic heterocycles. The lowest BCUT2D eigenvalue weighted by molar-refractivity contribution is 0.0244. The van der Waals surface area contributed by atoms with Crippen LogP contribution in [-0.2, 0) is 4.74 Å². The summed E-state index contributed by atoms with van der Waals surface area (Å²) in [5.41, 5.74) is -0.412. The summed E-state index contributed by atoms with van der Waals surface area (Å²) < 4.78 is 5.45. The second-order valence-corrected chi connectivity index (χ2v) is 6.56. The van der Waals surface area contributed by atoms with Crippen LogP contribution in [0.3, 0.4) is 0 Å². The molecular weight excluding hydrogens is 228 g/mol. The molecule has 1 N–H and O–H groups in total. The summed E-state index contributed by atoms with van der Waals surface area (Å²) in [4.78, 5) is 13.9. The van der Waals surface area contributed by atoms with Gasteiger partial charge in [-0.3, -0.25) is 0 Å². The van der Waals surface area contributed by atoms with E-state index in [1.54, 1.807) is 0 Å². The molecule has 1 aliphatic rings. The van der Waals surface area contributed by atoms with Crippen LogP contribution in [0.4, 0.5) is 4.79 Å². The van der Waals surface area contributed by atoms with Crippen LogP contribution in [0.25, 0.3) is 0 Å². The molecule has 1 unspecified atom stereocenters. The van der Waals surface area contributed by atoms with E-state index < -0.39 is 5.60 Å². The predicted octanol–water partition coefficient (Wildman–Crippen LogP) is 2.63. The van der Waals surface area contributed by atoms with E-state index in [9.17, 15) is 4.79 Å². The molecule has 0 saturated carbocycles. The Kier molecular flexibility index (Phi) is 5.45. The molecule has 0 aromatic rings. The number of ether oxygens (including phenoxy) is 1. The number of rotatable bonds is 2. The molecule has 0 aliphatic carbocycles. The Labute approximate surface area is 111 Å². The van der Waals surface area contributed by atoms with Crippen molar-refractivity contribution in [2.24, 2.45) is 5.92 Å². The standard InChI is InChI=1S/C14H28N2O2/c1-11(2)9-12-10-16(8-6-7-15-12)13(17)18-14(3,4)5/h11-12,15H,6-10H2,1-5H3. The van der Waals surface area contributed by atoms with Gasteiger partial charge in [0.25, 0.3) is 0 Å². The van der Waals surface area contributed by atoms with Crippen molar-refractivity contribution in [1.29, 1.82) is 0 Å². The number of amides is 1. The van der Waals surface area contributed by atoms with Gasteiger partial charge in [-0.2, -0.15) is 0 Å². The molecule has 4 nitrogen and oxygen atoms in total. The number of nitrogens with zero attached hydrogens (tertiary/aromatic N) is 1. The fourth-order valence-electron chi connectivity index (χ4n) is 2.22. The fraction of sp³-hybridized carbons (Fsp3) is 0.929. The lowest BCUT2D eigenvalue weighted by Gasteiger charge is -2.28. The van der Waals surface area contributed by atoms with E-state index in [0.717, 1.165) is 32.5 Å². The van der Waals surface area contributed by atoms with Crippen LogP contribution in [0.1, 0.15) is 47.5 Å². The molecule has 0 radical (unpaired) electrons. The predicted molar refractivity (Wildman–Crippen MR) is 73.7 cm³/mol. The highest BCUT2D eigenvalue weighted by Gasteiger charge is 2.26. The van der Waals surface area contributed by atoms with Crippen molar-refractivity contribution < 1.29 is 9.53 Å². The summed E-state index contributed by atoms with van der Waals surface area (Å²) in [6.07, 6.45) is 1.91. The zero-order chi connectivity index (χ0) is 13.8. The van der Waals surface area contributed by atoms with Crippen LogP contribution < -0.4 is 5.32 Å². The fourth-order valence-corrected chi connectivity index (χ4v) is 2.22. The first-order valence-corrected chi connectivity index (χ1v) is 6.99. The van der Waals surface area contributed by atoms with Crippen LogP contribution in [0, 0.1) is 5.92 Å². The van der Waals surface area contributed by atoms with Crippen molar-refractivity contribution in [1.82, 2.24) is 10.2 Å². The first kappa shape index (κ1) is 15.3. The second kappa shape index (κ2) is 6.41. The van der Waals surface area contributed by atoms with E-state index in [1.165, 1.54) is 0 Å². The number of hydrogen-bond donors (Lipinski definition) is 1. The van der Waals surface area contributed by atoms with Gasteiger partial charge in [-0.15, -0.1) is 0 Å². The largest absolute Gasteiger partial charge is 0.444 e. The minimum Gasteiger partial charge on any atom is -0.444 e. The van der Waals surface area contributed by atoms with Gasteiger partial charge in [-0.1, -0.05) is 13.8 Å². The Morgan fingerprint density at radius 1 is 1.44 bits per heavy atom. The third kappa shape index (κ3) is 5.71. The third-order valence-electron chi connectivity index (χ3n) is 2.89. The van der Waals surface area contributed by atoms with Crippen molar-refractivity contribution >= 4 is 6.09 Å². The second-order valence-electron chi connectivity index (χ2n) is 6.56. The highest BCUT2D eigenvalue weighted by atomic mass is 16.6. The van der Waals surface area contributed by atoms with Crippen LogP contribution in [0.15, 0.2) is 0 Å². The molecule has 0 aromatic carbocycles. The van der Waals surface area contributed by atoms with Crippen LogP contribution >= 0.6 is 0 Å². The molecule has 1 heterocycles. The average Bonchev–Trinajstić information content (AvgIpc) is 2.39. The van der Waals surface area contributed by atoms with Gasteiger partial charge < -0.3 is 15.0 Å². The number of nitrogens with one attached hydrogen (secondary N) is 1. The summed E-state index contributed by atoms with van der Waals surface area (Å²) in [5.74, 6) is 0.640. The molecular formula is C14H28N2O2. The Morgan fingerprint density at radius 2 is 2.11 bits per heavy atom. The zero-order valence-corrected chi connectivity index (χ0v) is 12.5. The number of carbonyl (C=O) groups excluding carboxylic acids is 1. The maximum Gasteiger partial charge on any atom is 0.410 e. The van der Waals surface area contributed by atoms with E-state index in [0.29, 0.717) is 12.0 Å². The van der Waals surface area contributed by atoms with E-state index >= 15 is 0 Å². The third-order valence-corrected chi connectivity index (χ3v) is 2.89. The lowest BCUT2D eigenvalue weighted by Crippen LogP contribution is -2.43. The molecule has 0 bridgehead atoms. The Balaban J connectivity index is 2.55. The van der Waals surface area contributed by atoms with E-state index in [4.69, 9.17) is 4.74 Å². The Hall–Kier alpha value is -0.770. The molecule has 0 spiro atoms. The molecule has 0 aromatic heterocycles. The molecule has 1 fully saturated rings. The van der Waals surface area contributed by atoms with Gasteiger partial charge in [0.2, 0.25) is 0 Å². The summed E-state index contributed by atoms with van der Waals surface area (Å²) in [6.45, 7) is 12.7. The maximum atomic E-state index is 12.1. The summed E-state index contributed by atoms with van der Waals surface area (Å²) in [7, 11) is 0. The molecule has 1 atom stereocenters. The van der Waals surface area contributed by atoms with Gasteiger partial charge in [0, 0.05) is 19.1 Å². The molecule has 106 valence electrons. The van der Waals surface area contributed by atoms with Crippen LogP contribution in [0.2, 0.25) is 0 Å². The van der Waals surface area contributed by atoms with Crippen molar-refractivity contribution in [2.75, 3.05) is 19.6 Å². The van der Waals surface area contributed by atoms with E-state index in [1.807, 2.05) is 25.7 Å². The lowest BCUT2D eigenvalue weighted by atomic mass is 10.0. The Morgan fingerprint density at radius 3 is 2.67 bits per heavy atom. The van der Waals surface area contributed by atoms with Gasteiger partial charge in [0.05, 0.1) is 0 Å². The summed E-state index contributed by atoms with van der Waals surface area (Å²) >= 11 is 0. The Bertz CT molecular complexity index is 271. The van der Waals surface area contributed by atoms with Crippen molar-refractivity contribution in [3.8, 4) is 0 Å². The molecule has 18 heavy (non-hydrogen) atoms. The normalized spacial score (nSPS) is 21.9. The van der Waals surface area contributed by atoms with Gasteiger partial charge in [0.15, 0.2) is 0 Å². The molecule has 1 saturated heterocycles. The quantitative estimate of drug-likeness (QED) is 0.826. The monoisotopic (exact) mass is 256 g/mol. The minimum atomic E-state index is -0.412. The first-order valence-electron chi connectivity index (χ1n) is 6.99. The van der Waals surface area contributed by atoms with Gasteiger partial charge in [-0.25, -0.2) is 4.79 Å². The van der Waals surface area contributed by atoms with Crippen LogP contribution in [0.5, 0.6) is 0 Å². The van der Waals surface area contributed by atoms with Crippen molar-refractivity contribution in [2.45, 2.75) is 59.1 Å². The van der Waals surface area contributed by atoms with E-state index in [2.05, 4.69) is 19.2 Å². The van der Waals surface area contributed by atoms with Crippen LogP contribution in [-0.4, -0.2) is 42.3 Å². The zero-order valence-electron chi connectivity index (χ0n) is 12.5. The van der Waals surface area contributed by atoms with Crippen molar-refractivity contribution in [3.05, 3.63) is 0 Å². The van der Waals surface area contributed by atoms with Crippen molar-refractivity contribution in [3.63, 3.8) is 0 Å². The smallest absolute Gasteiger partial charge is 0.410 e. The van der Waals surface area contributed by atoms with Gasteiger partial charge in [0.1, 0.15) is 5.60 Å². The SMILES string of the molecule is CC(C)CC1CN(C(=O)OC(C)(C)C)CCCN1. The van der Waals surface area contributed by atoms with Gasteiger partial charge in [-0.05, 0) is 46.1 Å². The van der Waals surface area contributed by atoms with Gasteiger partial charge >= 0.3 is 6.09 Å². The highest BCUT2D eigenvalue weighted by molar-refractivity contribution is 5.68. The highest BCUT2D eigenvalue weighted by Crippen LogP contribution is 2.14. The maximum absolute atomic E-state index is 12.1. The topological polar surface area (TPSA) is 41.6 Å². The number of carbonyl (C=O) groups is 1. The molecule has 1 amide bonds. The molecule has 1 rings (SSSR count). The minimum absolute atomic E-state index is 0.181. The summed E-state index contributed by atoms with van der Waals surface area (Å²) in [5, 5.41) is 3.51. The average molecular weight is 256 g/mol. The first-order chi connectivity index (χ1) is 8.28.